The van der Waals surface area contributed by atoms with E-state index in [1.807, 2.05) is 42.5 Å². The number of nitrogens with two attached hydrogens (primary N) is 1. The van der Waals surface area contributed by atoms with Crippen molar-refractivity contribution >= 4 is 5.69 Å². The summed E-state index contributed by atoms with van der Waals surface area (Å²) in [5, 5.41) is 7.32. The molecule has 3 N–H and O–H groups in total. The van der Waals surface area contributed by atoms with Crippen LogP contribution in [0.5, 0.6) is 5.75 Å². The van der Waals surface area contributed by atoms with E-state index in [0.717, 1.165) is 28.4 Å². The van der Waals surface area contributed by atoms with Gasteiger partial charge in [-0.05, 0) is 55.3 Å². The molecule has 1 aromatic heterocycles. The molecule has 0 aliphatic heterocycles. The number of anilines is 1. The molecule has 112 valence electrons. The molecule has 0 unspecified atom stereocenters. The summed E-state index contributed by atoms with van der Waals surface area (Å²) in [6, 6.07) is 15.8. The van der Waals surface area contributed by atoms with Crippen LogP contribution in [0.25, 0.3) is 11.3 Å². The third kappa shape index (κ3) is 3.11. The lowest BCUT2D eigenvalue weighted by Crippen LogP contribution is -1.96. The van der Waals surface area contributed by atoms with Crippen molar-refractivity contribution in [1.82, 2.24) is 10.2 Å². The molecule has 0 spiro atoms. The number of benzene rings is 2. The Bertz CT molecular complexity index is 793. The third-order valence-electron chi connectivity index (χ3n) is 3.69. The highest BCUT2D eigenvalue weighted by Crippen LogP contribution is 2.21. The second kappa shape index (κ2) is 5.93. The van der Waals surface area contributed by atoms with Gasteiger partial charge in [0, 0.05) is 11.3 Å². The minimum Gasteiger partial charge on any atom is -0.487 e. The fourth-order valence-electron chi connectivity index (χ4n) is 2.25. The minimum atomic E-state index is 0.456. The zero-order valence-electron chi connectivity index (χ0n) is 12.8. The number of hydrogen-bond acceptors (Lipinski definition) is 3. The molecule has 0 saturated carbocycles. The van der Waals surface area contributed by atoms with Gasteiger partial charge in [0.2, 0.25) is 0 Å². The van der Waals surface area contributed by atoms with Crippen molar-refractivity contribution in [2.24, 2.45) is 0 Å². The van der Waals surface area contributed by atoms with E-state index in [-0.39, 0.29) is 0 Å². The summed E-state index contributed by atoms with van der Waals surface area (Å²) in [6.45, 7) is 4.62. The molecular formula is C18H19N3O. The van der Waals surface area contributed by atoms with Gasteiger partial charge in [0.15, 0.2) is 0 Å². The Morgan fingerprint density at radius 3 is 2.68 bits per heavy atom. The van der Waals surface area contributed by atoms with Gasteiger partial charge in [-0.15, -0.1) is 0 Å². The summed E-state index contributed by atoms with van der Waals surface area (Å²) in [7, 11) is 0. The summed E-state index contributed by atoms with van der Waals surface area (Å²) >= 11 is 0. The lowest BCUT2D eigenvalue weighted by Gasteiger charge is -2.06. The van der Waals surface area contributed by atoms with Crippen LogP contribution in [0.4, 0.5) is 5.69 Å². The zero-order chi connectivity index (χ0) is 15.5. The van der Waals surface area contributed by atoms with E-state index in [9.17, 15) is 0 Å². The van der Waals surface area contributed by atoms with Crippen LogP contribution in [0.15, 0.2) is 48.5 Å². The van der Waals surface area contributed by atoms with Crippen molar-refractivity contribution in [2.75, 3.05) is 5.73 Å². The van der Waals surface area contributed by atoms with Gasteiger partial charge >= 0.3 is 0 Å². The molecule has 3 rings (SSSR count). The summed E-state index contributed by atoms with van der Waals surface area (Å²) in [6.07, 6.45) is 0. The topological polar surface area (TPSA) is 63.9 Å². The lowest BCUT2D eigenvalue weighted by molar-refractivity contribution is 0.301. The normalized spacial score (nSPS) is 10.6. The van der Waals surface area contributed by atoms with E-state index < -0.39 is 0 Å². The first-order chi connectivity index (χ1) is 10.6. The molecule has 4 nitrogen and oxygen atoms in total. The molecule has 0 fully saturated rings. The van der Waals surface area contributed by atoms with Crippen LogP contribution in [0.3, 0.4) is 0 Å². The SMILES string of the molecule is Cc1ccc(OCc2cc(-c3cccc(N)c3)n[nH]2)cc1C. The number of H-pyrrole nitrogens is 1. The quantitative estimate of drug-likeness (QED) is 0.718. The molecule has 2 aromatic carbocycles. The molecule has 22 heavy (non-hydrogen) atoms. The highest BCUT2D eigenvalue weighted by Gasteiger charge is 2.05. The number of aromatic amines is 1. The monoisotopic (exact) mass is 293 g/mol. The Morgan fingerprint density at radius 2 is 1.91 bits per heavy atom. The number of aryl methyl sites for hydroxylation is 2. The maximum Gasteiger partial charge on any atom is 0.130 e. The Labute approximate surface area is 129 Å². The molecule has 0 aliphatic carbocycles. The molecule has 1 heterocycles. The first-order valence-electron chi connectivity index (χ1n) is 7.22. The molecule has 0 aliphatic rings. The fraction of sp³-hybridized carbons (Fsp3) is 0.167. The second-order valence-electron chi connectivity index (χ2n) is 5.44. The lowest BCUT2D eigenvalue weighted by atomic mass is 10.1. The number of nitrogens with zero attached hydrogens (tertiary/aromatic N) is 1. The van der Waals surface area contributed by atoms with Crippen LogP contribution < -0.4 is 10.5 Å². The number of nitrogens with one attached hydrogen (secondary N) is 1. The van der Waals surface area contributed by atoms with Gasteiger partial charge in [0.1, 0.15) is 12.4 Å². The van der Waals surface area contributed by atoms with Crippen molar-refractivity contribution < 1.29 is 4.74 Å². The zero-order valence-corrected chi connectivity index (χ0v) is 12.8. The average molecular weight is 293 g/mol. The maximum atomic E-state index is 5.80. The summed E-state index contributed by atoms with van der Waals surface area (Å²) in [5.41, 5.74) is 11.8. The van der Waals surface area contributed by atoms with Gasteiger partial charge in [0.25, 0.3) is 0 Å². The highest BCUT2D eigenvalue weighted by atomic mass is 16.5. The Kier molecular flexibility index (Phi) is 3.83. The third-order valence-corrected chi connectivity index (χ3v) is 3.69. The second-order valence-corrected chi connectivity index (χ2v) is 5.44. The van der Waals surface area contributed by atoms with E-state index in [2.05, 4.69) is 30.1 Å². The Morgan fingerprint density at radius 1 is 1.05 bits per heavy atom. The molecule has 0 bridgehead atoms. The number of aromatic nitrogens is 2. The molecule has 3 aromatic rings. The first kappa shape index (κ1) is 14.2. The van der Waals surface area contributed by atoms with Gasteiger partial charge in [0.05, 0.1) is 11.4 Å². The number of ether oxygens (including phenoxy) is 1. The van der Waals surface area contributed by atoms with Crippen LogP contribution in [-0.4, -0.2) is 10.2 Å². The molecule has 0 saturated heterocycles. The van der Waals surface area contributed by atoms with Gasteiger partial charge in [-0.1, -0.05) is 18.2 Å². The van der Waals surface area contributed by atoms with Gasteiger partial charge < -0.3 is 10.5 Å². The van der Waals surface area contributed by atoms with Gasteiger partial charge in [-0.3, -0.25) is 5.10 Å². The summed E-state index contributed by atoms with van der Waals surface area (Å²) in [4.78, 5) is 0. The Balaban J connectivity index is 1.70. The number of rotatable bonds is 4. The van der Waals surface area contributed by atoms with E-state index in [4.69, 9.17) is 10.5 Å². The van der Waals surface area contributed by atoms with Gasteiger partial charge in [-0.25, -0.2) is 0 Å². The smallest absolute Gasteiger partial charge is 0.130 e. The molecule has 0 radical (unpaired) electrons. The predicted molar refractivity (Wildman–Crippen MR) is 88.7 cm³/mol. The fourth-order valence-corrected chi connectivity index (χ4v) is 2.25. The predicted octanol–water partition coefficient (Wildman–Crippen LogP) is 3.85. The Hall–Kier alpha value is -2.75. The van der Waals surface area contributed by atoms with Crippen LogP contribution in [0, 0.1) is 13.8 Å². The van der Waals surface area contributed by atoms with E-state index in [1.54, 1.807) is 0 Å². The minimum absolute atomic E-state index is 0.456. The van der Waals surface area contributed by atoms with Crippen LogP contribution in [-0.2, 0) is 6.61 Å². The molecular weight excluding hydrogens is 274 g/mol. The van der Waals surface area contributed by atoms with Crippen LogP contribution in [0.1, 0.15) is 16.8 Å². The van der Waals surface area contributed by atoms with Crippen molar-refractivity contribution in [3.63, 3.8) is 0 Å². The van der Waals surface area contributed by atoms with E-state index >= 15 is 0 Å². The van der Waals surface area contributed by atoms with Crippen molar-refractivity contribution in [2.45, 2.75) is 20.5 Å². The first-order valence-corrected chi connectivity index (χ1v) is 7.22. The van der Waals surface area contributed by atoms with Crippen LogP contribution >= 0.6 is 0 Å². The van der Waals surface area contributed by atoms with E-state index in [1.165, 1.54) is 11.1 Å². The van der Waals surface area contributed by atoms with Crippen LogP contribution in [0.2, 0.25) is 0 Å². The average Bonchev–Trinajstić information content (AvgIpc) is 2.97. The molecule has 0 amide bonds. The summed E-state index contributed by atoms with van der Waals surface area (Å²) < 4.78 is 5.80. The maximum absolute atomic E-state index is 5.80. The summed E-state index contributed by atoms with van der Waals surface area (Å²) in [5.74, 6) is 0.864. The van der Waals surface area contributed by atoms with Crippen molar-refractivity contribution in [1.29, 1.82) is 0 Å². The van der Waals surface area contributed by atoms with Crippen molar-refractivity contribution in [3.05, 3.63) is 65.4 Å². The standard InChI is InChI=1S/C18H19N3O/c1-12-6-7-17(8-13(12)2)22-11-16-10-18(21-20-16)14-4-3-5-15(19)9-14/h3-10H,11,19H2,1-2H3,(H,20,21). The van der Waals surface area contributed by atoms with E-state index in [0.29, 0.717) is 6.61 Å². The van der Waals surface area contributed by atoms with Gasteiger partial charge in [-0.2, -0.15) is 5.10 Å². The number of nitrogen functional groups attached to an aromatic ring is 1. The molecule has 0 atom stereocenters. The largest absolute Gasteiger partial charge is 0.487 e. The highest BCUT2D eigenvalue weighted by molar-refractivity contribution is 5.64. The molecule has 4 heteroatoms. The number of hydrogen-bond donors (Lipinski definition) is 2. The van der Waals surface area contributed by atoms with Crippen molar-refractivity contribution in [3.8, 4) is 17.0 Å².